The van der Waals surface area contributed by atoms with Crippen LogP contribution in [0.25, 0.3) is 0 Å². The molecular weight excluding hydrogens is 450 g/mol. The highest BCUT2D eigenvalue weighted by molar-refractivity contribution is 6.33. The molecule has 7 heteroatoms. The Kier molecular flexibility index (Phi) is 8.61. The van der Waals surface area contributed by atoms with Crippen LogP contribution in [0.15, 0.2) is 42.5 Å². The summed E-state index contributed by atoms with van der Waals surface area (Å²) < 4.78 is 5.84. The molecule has 2 aromatic carbocycles. The van der Waals surface area contributed by atoms with Crippen LogP contribution in [0.3, 0.4) is 0 Å². The standard InChI is InChI=1S/C27H36ClN3O3/c1-27(2,3)16-25(32)29-20-12-13-24(30(4)5)19(15-20)17-31(18-21-9-8-14-34-21)26(33)22-10-6-7-11-23(22)28/h6-7,10-13,15,21H,8-9,14,16-18H2,1-5H3,(H,29,32)/t21-/m0/s1. The number of nitrogens with zero attached hydrogens (tertiary/aromatic N) is 2. The number of benzene rings is 2. The van der Waals surface area contributed by atoms with Gasteiger partial charge >= 0.3 is 0 Å². The average Bonchev–Trinajstić information content (AvgIpc) is 3.25. The molecule has 34 heavy (non-hydrogen) atoms. The number of carbonyl (C=O) groups is 2. The summed E-state index contributed by atoms with van der Waals surface area (Å²) in [5, 5.41) is 3.45. The van der Waals surface area contributed by atoms with Gasteiger partial charge in [-0.1, -0.05) is 44.5 Å². The molecular formula is C27H36ClN3O3. The number of ether oxygens (including phenoxy) is 1. The summed E-state index contributed by atoms with van der Waals surface area (Å²) in [5.74, 6) is -0.160. The summed E-state index contributed by atoms with van der Waals surface area (Å²) in [6.07, 6.45) is 2.35. The molecule has 0 bridgehead atoms. The summed E-state index contributed by atoms with van der Waals surface area (Å²) >= 11 is 6.37. The summed E-state index contributed by atoms with van der Waals surface area (Å²) in [7, 11) is 3.94. The second kappa shape index (κ2) is 11.2. The van der Waals surface area contributed by atoms with Gasteiger partial charge in [-0.05, 0) is 54.2 Å². The Labute approximate surface area is 208 Å². The van der Waals surface area contributed by atoms with E-state index in [9.17, 15) is 9.59 Å². The monoisotopic (exact) mass is 485 g/mol. The molecule has 1 aliphatic rings. The third-order valence-corrected chi connectivity index (χ3v) is 6.07. The molecule has 0 aromatic heterocycles. The molecule has 1 fully saturated rings. The van der Waals surface area contributed by atoms with E-state index in [-0.39, 0.29) is 23.3 Å². The second-order valence-electron chi connectivity index (χ2n) is 10.3. The smallest absolute Gasteiger partial charge is 0.255 e. The number of amides is 2. The summed E-state index contributed by atoms with van der Waals surface area (Å²) in [4.78, 5) is 29.9. The quantitative estimate of drug-likeness (QED) is 0.528. The van der Waals surface area contributed by atoms with Crippen molar-refractivity contribution < 1.29 is 14.3 Å². The number of anilines is 2. The first-order valence-corrected chi connectivity index (χ1v) is 12.2. The van der Waals surface area contributed by atoms with Crippen molar-refractivity contribution in [2.45, 2.75) is 52.7 Å². The van der Waals surface area contributed by atoms with E-state index in [0.29, 0.717) is 30.1 Å². The van der Waals surface area contributed by atoms with E-state index in [2.05, 4.69) is 5.32 Å². The maximum Gasteiger partial charge on any atom is 0.255 e. The molecule has 1 N–H and O–H groups in total. The molecule has 0 radical (unpaired) electrons. The Bertz CT molecular complexity index is 1010. The highest BCUT2D eigenvalue weighted by atomic mass is 35.5. The maximum absolute atomic E-state index is 13.6. The maximum atomic E-state index is 13.6. The first-order chi connectivity index (χ1) is 16.0. The van der Waals surface area contributed by atoms with Crippen LogP contribution in [0.4, 0.5) is 11.4 Å². The van der Waals surface area contributed by atoms with E-state index in [1.54, 1.807) is 17.0 Å². The zero-order valence-corrected chi connectivity index (χ0v) is 21.6. The number of nitrogens with one attached hydrogen (secondary N) is 1. The molecule has 0 unspecified atom stereocenters. The van der Waals surface area contributed by atoms with Crippen molar-refractivity contribution in [2.24, 2.45) is 5.41 Å². The molecule has 0 spiro atoms. The van der Waals surface area contributed by atoms with Gasteiger partial charge in [0.15, 0.2) is 0 Å². The normalized spacial score (nSPS) is 15.8. The largest absolute Gasteiger partial charge is 0.377 e. The Hall–Kier alpha value is -2.57. The van der Waals surface area contributed by atoms with Gasteiger partial charge < -0.3 is 19.9 Å². The summed E-state index contributed by atoms with van der Waals surface area (Å²) in [5.41, 5.74) is 3.02. The SMILES string of the molecule is CN(C)c1ccc(NC(=O)CC(C)(C)C)cc1CN(C[C@@H]1CCCO1)C(=O)c1ccccc1Cl. The molecule has 1 atom stereocenters. The van der Waals surface area contributed by atoms with Crippen LogP contribution in [0.5, 0.6) is 0 Å². The van der Waals surface area contributed by atoms with Crippen molar-refractivity contribution in [1.82, 2.24) is 4.90 Å². The minimum Gasteiger partial charge on any atom is -0.377 e. The van der Waals surface area contributed by atoms with Crippen LogP contribution in [-0.4, -0.2) is 50.1 Å². The lowest BCUT2D eigenvalue weighted by Gasteiger charge is -2.28. The van der Waals surface area contributed by atoms with Gasteiger partial charge in [0.25, 0.3) is 5.91 Å². The summed E-state index contributed by atoms with van der Waals surface area (Å²) in [6, 6.07) is 13.0. The first-order valence-electron chi connectivity index (χ1n) is 11.8. The number of carbonyl (C=O) groups excluding carboxylic acids is 2. The minimum absolute atomic E-state index is 0.00362. The van der Waals surface area contributed by atoms with Crippen molar-refractivity contribution >= 4 is 34.8 Å². The Morgan fingerprint density at radius 1 is 1.15 bits per heavy atom. The predicted molar refractivity (Wildman–Crippen MR) is 139 cm³/mol. The van der Waals surface area contributed by atoms with Gasteiger partial charge in [0.05, 0.1) is 16.7 Å². The fourth-order valence-electron chi connectivity index (χ4n) is 4.18. The second-order valence-corrected chi connectivity index (χ2v) is 10.7. The Balaban J connectivity index is 1.90. The van der Waals surface area contributed by atoms with Gasteiger partial charge in [0.1, 0.15) is 0 Å². The molecule has 184 valence electrons. The fourth-order valence-corrected chi connectivity index (χ4v) is 4.39. The van der Waals surface area contributed by atoms with Gasteiger partial charge in [-0.15, -0.1) is 0 Å². The van der Waals surface area contributed by atoms with E-state index in [0.717, 1.165) is 36.4 Å². The first kappa shape index (κ1) is 26.0. The molecule has 0 aliphatic carbocycles. The Morgan fingerprint density at radius 2 is 1.88 bits per heavy atom. The molecule has 1 aliphatic heterocycles. The van der Waals surface area contributed by atoms with E-state index >= 15 is 0 Å². The van der Waals surface area contributed by atoms with Crippen molar-refractivity contribution in [3.8, 4) is 0 Å². The van der Waals surface area contributed by atoms with Crippen LogP contribution in [0.2, 0.25) is 5.02 Å². The molecule has 2 amide bonds. The van der Waals surface area contributed by atoms with Crippen LogP contribution >= 0.6 is 11.6 Å². The molecule has 0 saturated carbocycles. The molecule has 2 aromatic rings. The van der Waals surface area contributed by atoms with Gasteiger partial charge in [0, 0.05) is 51.6 Å². The lowest BCUT2D eigenvalue weighted by Crippen LogP contribution is -2.37. The fraction of sp³-hybridized carbons (Fsp3) is 0.481. The van der Waals surface area contributed by atoms with Crippen LogP contribution in [0.1, 0.15) is 56.0 Å². The number of hydrogen-bond acceptors (Lipinski definition) is 4. The predicted octanol–water partition coefficient (Wildman–Crippen LogP) is 5.60. The average molecular weight is 486 g/mol. The van der Waals surface area contributed by atoms with E-state index < -0.39 is 0 Å². The Morgan fingerprint density at radius 3 is 2.50 bits per heavy atom. The van der Waals surface area contributed by atoms with E-state index in [1.807, 2.05) is 70.1 Å². The lowest BCUT2D eigenvalue weighted by molar-refractivity contribution is -0.117. The number of rotatable bonds is 8. The van der Waals surface area contributed by atoms with Crippen LogP contribution in [-0.2, 0) is 16.1 Å². The van der Waals surface area contributed by atoms with Gasteiger partial charge in [-0.25, -0.2) is 0 Å². The highest BCUT2D eigenvalue weighted by Crippen LogP contribution is 2.28. The van der Waals surface area contributed by atoms with Gasteiger partial charge in [0.2, 0.25) is 5.91 Å². The van der Waals surface area contributed by atoms with Crippen molar-refractivity contribution in [1.29, 1.82) is 0 Å². The topological polar surface area (TPSA) is 61.9 Å². The zero-order valence-electron chi connectivity index (χ0n) is 20.9. The third-order valence-electron chi connectivity index (χ3n) is 5.74. The van der Waals surface area contributed by atoms with Crippen LogP contribution in [0, 0.1) is 5.41 Å². The molecule has 6 nitrogen and oxygen atoms in total. The van der Waals surface area contributed by atoms with E-state index in [4.69, 9.17) is 16.3 Å². The van der Waals surface area contributed by atoms with Gasteiger partial charge in [-0.2, -0.15) is 0 Å². The van der Waals surface area contributed by atoms with Crippen LogP contribution < -0.4 is 10.2 Å². The number of halogens is 1. The zero-order chi connectivity index (χ0) is 24.9. The lowest BCUT2D eigenvalue weighted by atomic mass is 9.92. The van der Waals surface area contributed by atoms with Gasteiger partial charge in [-0.3, -0.25) is 9.59 Å². The van der Waals surface area contributed by atoms with Crippen molar-refractivity contribution in [2.75, 3.05) is 37.5 Å². The van der Waals surface area contributed by atoms with Crippen molar-refractivity contribution in [3.63, 3.8) is 0 Å². The molecule has 3 rings (SSSR count). The van der Waals surface area contributed by atoms with E-state index in [1.165, 1.54) is 0 Å². The molecule has 1 saturated heterocycles. The third kappa shape index (κ3) is 7.21. The molecule has 1 heterocycles. The number of hydrogen-bond donors (Lipinski definition) is 1. The highest BCUT2D eigenvalue weighted by Gasteiger charge is 2.26. The summed E-state index contributed by atoms with van der Waals surface area (Å²) in [6.45, 7) is 7.69. The minimum atomic E-state index is -0.132. The van der Waals surface area contributed by atoms with Crippen molar-refractivity contribution in [3.05, 3.63) is 58.6 Å².